The van der Waals surface area contributed by atoms with Gasteiger partial charge < -0.3 is 4.52 Å². The maximum atomic E-state index is 12.1. The van der Waals surface area contributed by atoms with Crippen molar-refractivity contribution in [2.24, 2.45) is 7.05 Å². The first kappa shape index (κ1) is 17.7. The molecule has 2 aromatic rings. The Balaban J connectivity index is 1.51. The van der Waals surface area contributed by atoms with Gasteiger partial charge in [0, 0.05) is 31.3 Å². The summed E-state index contributed by atoms with van der Waals surface area (Å²) in [6.07, 6.45) is 9.56. The molecule has 4 rings (SSSR count). The second-order valence-corrected chi connectivity index (χ2v) is 9.66. The fourth-order valence-electron chi connectivity index (χ4n) is 3.98. The lowest BCUT2D eigenvalue weighted by Gasteiger charge is -2.33. The predicted octanol–water partition coefficient (Wildman–Crippen LogP) is 1.82. The summed E-state index contributed by atoms with van der Waals surface area (Å²) >= 11 is 0. The molecule has 26 heavy (non-hydrogen) atoms. The van der Waals surface area contributed by atoms with Crippen molar-refractivity contribution in [3.05, 3.63) is 29.7 Å². The largest absolute Gasteiger partial charge is 0.339 e. The van der Waals surface area contributed by atoms with Crippen molar-refractivity contribution in [1.29, 1.82) is 0 Å². The zero-order valence-corrected chi connectivity index (χ0v) is 15.9. The molecule has 2 aromatic heterocycles. The first-order valence-electron chi connectivity index (χ1n) is 9.26. The van der Waals surface area contributed by atoms with Gasteiger partial charge in [-0.1, -0.05) is 24.4 Å². The molecule has 1 aliphatic carbocycles. The van der Waals surface area contributed by atoms with Gasteiger partial charge in [-0.2, -0.15) is 10.1 Å². The Labute approximate surface area is 153 Å². The van der Waals surface area contributed by atoms with E-state index >= 15 is 0 Å². The fourth-order valence-corrected chi connectivity index (χ4v) is 5.54. The van der Waals surface area contributed by atoms with Gasteiger partial charge in [0.25, 0.3) is 0 Å². The second-order valence-electron chi connectivity index (χ2n) is 7.43. The molecule has 1 saturated heterocycles. The number of sulfone groups is 1. The second kappa shape index (κ2) is 7.11. The molecule has 0 bridgehead atoms. The Hall–Kier alpha value is -1.74. The van der Waals surface area contributed by atoms with E-state index in [1.807, 2.05) is 13.2 Å². The van der Waals surface area contributed by atoms with Crippen LogP contribution in [0.4, 0.5) is 0 Å². The molecule has 2 fully saturated rings. The average Bonchev–Trinajstić information content (AvgIpc) is 3.26. The lowest BCUT2D eigenvalue weighted by molar-refractivity contribution is 0.198. The summed E-state index contributed by atoms with van der Waals surface area (Å²) in [6, 6.07) is -0.223. The highest BCUT2D eigenvalue weighted by Crippen LogP contribution is 2.32. The van der Waals surface area contributed by atoms with E-state index in [0.717, 1.165) is 24.3 Å². The molecule has 3 heterocycles. The van der Waals surface area contributed by atoms with Crippen LogP contribution in [0.3, 0.4) is 0 Å². The monoisotopic (exact) mass is 379 g/mol. The van der Waals surface area contributed by atoms with Gasteiger partial charge in [-0.05, 0) is 12.8 Å². The van der Waals surface area contributed by atoms with Crippen molar-refractivity contribution < 1.29 is 12.9 Å². The summed E-state index contributed by atoms with van der Waals surface area (Å²) < 4.78 is 31.5. The van der Waals surface area contributed by atoms with E-state index in [9.17, 15) is 8.42 Å². The first-order chi connectivity index (χ1) is 12.5. The van der Waals surface area contributed by atoms with E-state index in [1.165, 1.54) is 19.3 Å². The van der Waals surface area contributed by atoms with Crippen molar-refractivity contribution in [3.8, 4) is 0 Å². The SMILES string of the molecule is Cn1cc(C2CS(=O)(=O)CCN2Cc2noc(C3CCCCC3)n2)cn1. The summed E-state index contributed by atoms with van der Waals surface area (Å²) in [5, 5.41) is 8.35. The fraction of sp³-hybridized carbons (Fsp3) is 0.706. The summed E-state index contributed by atoms with van der Waals surface area (Å²) in [5.41, 5.74) is 0.909. The van der Waals surface area contributed by atoms with Crippen molar-refractivity contribution in [2.75, 3.05) is 18.1 Å². The molecule has 1 saturated carbocycles. The van der Waals surface area contributed by atoms with Crippen LogP contribution < -0.4 is 0 Å². The van der Waals surface area contributed by atoms with Gasteiger partial charge in [0.1, 0.15) is 0 Å². The Kier molecular flexibility index (Phi) is 4.83. The minimum atomic E-state index is -3.05. The van der Waals surface area contributed by atoms with Crippen LogP contribution in [0.25, 0.3) is 0 Å². The van der Waals surface area contributed by atoms with Gasteiger partial charge in [-0.25, -0.2) is 8.42 Å². The van der Waals surface area contributed by atoms with Gasteiger partial charge in [-0.3, -0.25) is 9.58 Å². The third-order valence-electron chi connectivity index (χ3n) is 5.43. The van der Waals surface area contributed by atoms with Gasteiger partial charge >= 0.3 is 0 Å². The van der Waals surface area contributed by atoms with Crippen molar-refractivity contribution in [3.63, 3.8) is 0 Å². The van der Waals surface area contributed by atoms with Crippen LogP contribution in [0.2, 0.25) is 0 Å². The number of aryl methyl sites for hydroxylation is 1. The maximum Gasteiger partial charge on any atom is 0.229 e. The van der Waals surface area contributed by atoms with Gasteiger partial charge in [-0.15, -0.1) is 0 Å². The number of hydrogen-bond acceptors (Lipinski definition) is 7. The Morgan fingerprint density at radius 3 is 2.81 bits per heavy atom. The highest BCUT2D eigenvalue weighted by Gasteiger charge is 2.34. The molecule has 0 spiro atoms. The highest BCUT2D eigenvalue weighted by molar-refractivity contribution is 7.91. The quantitative estimate of drug-likeness (QED) is 0.800. The molecule has 0 N–H and O–H groups in total. The van der Waals surface area contributed by atoms with Crippen molar-refractivity contribution in [1.82, 2.24) is 24.8 Å². The number of nitrogens with zero attached hydrogens (tertiary/aromatic N) is 5. The van der Waals surface area contributed by atoms with Crippen LogP contribution in [0.5, 0.6) is 0 Å². The van der Waals surface area contributed by atoms with Crippen LogP contribution in [-0.2, 0) is 23.4 Å². The van der Waals surface area contributed by atoms with E-state index in [-0.39, 0.29) is 17.5 Å². The third kappa shape index (κ3) is 3.83. The lowest BCUT2D eigenvalue weighted by atomic mass is 9.89. The van der Waals surface area contributed by atoms with Crippen molar-refractivity contribution in [2.45, 2.75) is 50.6 Å². The lowest BCUT2D eigenvalue weighted by Crippen LogP contribution is -2.42. The minimum Gasteiger partial charge on any atom is -0.339 e. The summed E-state index contributed by atoms with van der Waals surface area (Å²) in [5.74, 6) is 2.02. The molecule has 8 nitrogen and oxygen atoms in total. The molecule has 0 aromatic carbocycles. The van der Waals surface area contributed by atoms with E-state index < -0.39 is 9.84 Å². The van der Waals surface area contributed by atoms with E-state index in [1.54, 1.807) is 10.9 Å². The maximum absolute atomic E-state index is 12.1. The van der Waals surface area contributed by atoms with Crippen LogP contribution in [0.15, 0.2) is 16.9 Å². The molecule has 1 atom stereocenters. The molecule has 9 heteroatoms. The highest BCUT2D eigenvalue weighted by atomic mass is 32.2. The summed E-state index contributed by atoms with van der Waals surface area (Å²) in [4.78, 5) is 6.73. The normalized spacial score (nSPS) is 24.7. The molecule has 0 radical (unpaired) electrons. The number of hydrogen-bond donors (Lipinski definition) is 0. The Morgan fingerprint density at radius 1 is 1.27 bits per heavy atom. The van der Waals surface area contributed by atoms with Crippen LogP contribution >= 0.6 is 0 Å². The summed E-state index contributed by atoms with van der Waals surface area (Å²) in [6.45, 7) is 0.959. The zero-order valence-electron chi connectivity index (χ0n) is 15.0. The van der Waals surface area contributed by atoms with E-state index in [4.69, 9.17) is 4.52 Å². The average molecular weight is 379 g/mol. The van der Waals surface area contributed by atoms with Gasteiger partial charge in [0.2, 0.25) is 5.89 Å². The molecule has 1 unspecified atom stereocenters. The first-order valence-corrected chi connectivity index (χ1v) is 11.1. The zero-order chi connectivity index (χ0) is 18.1. The van der Waals surface area contributed by atoms with Crippen LogP contribution in [-0.4, -0.2) is 51.3 Å². The van der Waals surface area contributed by atoms with E-state index in [2.05, 4.69) is 20.1 Å². The number of rotatable bonds is 4. The molecular weight excluding hydrogens is 354 g/mol. The Bertz CT molecular complexity index is 853. The molecular formula is C17H25N5O3S. The minimum absolute atomic E-state index is 0.103. The third-order valence-corrected chi connectivity index (χ3v) is 7.06. The van der Waals surface area contributed by atoms with Crippen molar-refractivity contribution >= 4 is 9.84 Å². The van der Waals surface area contributed by atoms with Gasteiger partial charge in [0.15, 0.2) is 15.7 Å². The smallest absolute Gasteiger partial charge is 0.229 e. The van der Waals surface area contributed by atoms with E-state index in [0.29, 0.717) is 24.8 Å². The molecule has 1 aliphatic heterocycles. The number of aromatic nitrogens is 4. The molecule has 0 amide bonds. The van der Waals surface area contributed by atoms with Gasteiger partial charge in [0.05, 0.1) is 30.3 Å². The van der Waals surface area contributed by atoms with Crippen LogP contribution in [0.1, 0.15) is 61.3 Å². The summed E-state index contributed by atoms with van der Waals surface area (Å²) in [7, 11) is -1.22. The Morgan fingerprint density at radius 2 is 2.08 bits per heavy atom. The standard InChI is InChI=1S/C17H25N5O3S/c1-21-10-14(9-18-21)15-12-26(23,24)8-7-22(15)11-16-19-17(25-20-16)13-5-3-2-4-6-13/h9-10,13,15H,2-8,11-12H2,1H3. The predicted molar refractivity (Wildman–Crippen MR) is 95.1 cm³/mol. The van der Waals surface area contributed by atoms with Crippen LogP contribution in [0, 0.1) is 0 Å². The topological polar surface area (TPSA) is 94.1 Å². The molecule has 2 aliphatic rings. The molecule has 142 valence electrons.